The summed E-state index contributed by atoms with van der Waals surface area (Å²) in [7, 11) is 0. The van der Waals surface area contributed by atoms with Gasteiger partial charge in [-0.25, -0.2) is 4.98 Å². The van der Waals surface area contributed by atoms with Crippen LogP contribution in [-0.4, -0.2) is 22.0 Å². The summed E-state index contributed by atoms with van der Waals surface area (Å²) >= 11 is 0. The van der Waals surface area contributed by atoms with Crippen LogP contribution in [0.3, 0.4) is 0 Å². The van der Waals surface area contributed by atoms with E-state index in [0.717, 1.165) is 42.2 Å². The van der Waals surface area contributed by atoms with Crippen LogP contribution in [0.25, 0.3) is 11.0 Å². The lowest BCUT2D eigenvalue weighted by Gasteiger charge is -2.30. The quantitative estimate of drug-likeness (QED) is 0.788. The minimum absolute atomic E-state index is 0.0439. The molecule has 0 bridgehead atoms. The topological polar surface area (TPSA) is 50.2 Å². The summed E-state index contributed by atoms with van der Waals surface area (Å²) in [5, 5.41) is 2.86. The standard InChI is InChI=1S/C19H20N4O/c1-13-11-15(7-8-16(13)20-14(2)24)22-9-10-23-18-6-4-3-5-17(18)21-19(23)12-22/h3-8,11H,9-10,12H2,1-2H3,(H,20,24). The predicted octanol–water partition coefficient (Wildman–Crippen LogP) is 3.32. The molecule has 5 heteroatoms. The number of anilines is 2. The number of nitrogens with one attached hydrogen (secondary N) is 1. The van der Waals surface area contributed by atoms with E-state index in [0.29, 0.717) is 0 Å². The van der Waals surface area contributed by atoms with Crippen LogP contribution in [-0.2, 0) is 17.9 Å². The van der Waals surface area contributed by atoms with Gasteiger partial charge in [0, 0.05) is 31.4 Å². The minimum Gasteiger partial charge on any atom is -0.362 e. The van der Waals surface area contributed by atoms with E-state index in [2.05, 4.69) is 45.1 Å². The van der Waals surface area contributed by atoms with Gasteiger partial charge in [0.2, 0.25) is 5.91 Å². The Kier molecular flexibility index (Phi) is 3.49. The molecule has 1 aromatic heterocycles. The molecule has 1 N–H and O–H groups in total. The minimum atomic E-state index is -0.0439. The Balaban J connectivity index is 1.62. The monoisotopic (exact) mass is 320 g/mol. The number of rotatable bonds is 2. The van der Waals surface area contributed by atoms with E-state index in [1.54, 1.807) is 0 Å². The van der Waals surface area contributed by atoms with Gasteiger partial charge in [-0.2, -0.15) is 0 Å². The molecule has 0 saturated heterocycles. The summed E-state index contributed by atoms with van der Waals surface area (Å²) < 4.78 is 2.31. The second kappa shape index (κ2) is 5.67. The van der Waals surface area contributed by atoms with Crippen molar-refractivity contribution in [1.82, 2.24) is 9.55 Å². The second-order valence-electron chi connectivity index (χ2n) is 6.27. The van der Waals surface area contributed by atoms with E-state index in [-0.39, 0.29) is 5.91 Å². The van der Waals surface area contributed by atoms with Gasteiger partial charge in [-0.1, -0.05) is 12.1 Å². The first-order chi connectivity index (χ1) is 11.6. The molecule has 0 unspecified atom stereocenters. The van der Waals surface area contributed by atoms with Gasteiger partial charge >= 0.3 is 0 Å². The van der Waals surface area contributed by atoms with E-state index >= 15 is 0 Å². The Hall–Kier alpha value is -2.82. The highest BCUT2D eigenvalue weighted by atomic mass is 16.1. The molecule has 1 amide bonds. The first kappa shape index (κ1) is 14.8. The molecule has 1 aliphatic heterocycles. The molecule has 0 radical (unpaired) electrons. The summed E-state index contributed by atoms with van der Waals surface area (Å²) in [5.74, 6) is 1.06. The maximum Gasteiger partial charge on any atom is 0.221 e. The molecular formula is C19H20N4O. The van der Waals surface area contributed by atoms with Gasteiger partial charge in [0.15, 0.2) is 0 Å². The third-order valence-electron chi connectivity index (χ3n) is 4.55. The molecule has 2 heterocycles. The average molecular weight is 320 g/mol. The van der Waals surface area contributed by atoms with E-state index in [1.807, 2.05) is 19.1 Å². The first-order valence-corrected chi connectivity index (χ1v) is 8.19. The van der Waals surface area contributed by atoms with Crippen LogP contribution in [0.1, 0.15) is 18.3 Å². The molecule has 0 atom stereocenters. The van der Waals surface area contributed by atoms with Gasteiger partial charge in [-0.15, -0.1) is 0 Å². The van der Waals surface area contributed by atoms with Crippen molar-refractivity contribution in [3.8, 4) is 0 Å². The number of imidazole rings is 1. The van der Waals surface area contributed by atoms with Crippen molar-refractivity contribution in [2.45, 2.75) is 26.9 Å². The fourth-order valence-electron chi connectivity index (χ4n) is 3.36. The lowest BCUT2D eigenvalue weighted by Crippen LogP contribution is -2.33. The van der Waals surface area contributed by atoms with Crippen LogP contribution in [0.15, 0.2) is 42.5 Å². The number of benzene rings is 2. The van der Waals surface area contributed by atoms with Gasteiger partial charge < -0.3 is 14.8 Å². The number of carbonyl (C=O) groups is 1. The SMILES string of the molecule is CC(=O)Nc1ccc(N2CCn3c(nc4ccccc43)C2)cc1C. The molecule has 4 rings (SSSR count). The van der Waals surface area contributed by atoms with Crippen LogP contribution in [0.2, 0.25) is 0 Å². The van der Waals surface area contributed by atoms with Crippen molar-refractivity contribution in [2.24, 2.45) is 0 Å². The van der Waals surface area contributed by atoms with Crippen molar-refractivity contribution in [1.29, 1.82) is 0 Å². The van der Waals surface area contributed by atoms with Crippen molar-refractivity contribution >= 4 is 28.3 Å². The number of nitrogens with zero attached hydrogens (tertiary/aromatic N) is 3. The summed E-state index contributed by atoms with van der Waals surface area (Å²) in [6.07, 6.45) is 0. The fourth-order valence-corrected chi connectivity index (χ4v) is 3.36. The zero-order chi connectivity index (χ0) is 16.7. The van der Waals surface area contributed by atoms with Crippen LogP contribution in [0.5, 0.6) is 0 Å². The number of aryl methyl sites for hydroxylation is 1. The molecule has 122 valence electrons. The molecule has 1 aliphatic rings. The van der Waals surface area contributed by atoms with Gasteiger partial charge in [-0.3, -0.25) is 4.79 Å². The van der Waals surface area contributed by atoms with Crippen LogP contribution < -0.4 is 10.2 Å². The van der Waals surface area contributed by atoms with E-state index < -0.39 is 0 Å². The van der Waals surface area contributed by atoms with Crippen LogP contribution in [0, 0.1) is 6.92 Å². The van der Waals surface area contributed by atoms with E-state index in [1.165, 1.54) is 18.1 Å². The maximum atomic E-state index is 11.2. The zero-order valence-electron chi connectivity index (χ0n) is 13.9. The second-order valence-corrected chi connectivity index (χ2v) is 6.27. The summed E-state index contributed by atoms with van der Waals surface area (Å²) in [5.41, 5.74) is 5.38. The van der Waals surface area contributed by atoms with Gasteiger partial charge in [0.25, 0.3) is 0 Å². The van der Waals surface area contributed by atoms with Crippen LogP contribution >= 0.6 is 0 Å². The molecule has 0 saturated carbocycles. The Morgan fingerprint density at radius 1 is 1.17 bits per heavy atom. The summed E-state index contributed by atoms with van der Waals surface area (Å²) in [6.45, 7) is 6.23. The maximum absolute atomic E-state index is 11.2. The third-order valence-corrected chi connectivity index (χ3v) is 4.55. The van der Waals surface area contributed by atoms with Crippen molar-refractivity contribution < 1.29 is 4.79 Å². The lowest BCUT2D eigenvalue weighted by molar-refractivity contribution is -0.114. The highest BCUT2D eigenvalue weighted by Gasteiger charge is 2.20. The highest BCUT2D eigenvalue weighted by Crippen LogP contribution is 2.27. The van der Waals surface area contributed by atoms with Gasteiger partial charge in [0.1, 0.15) is 5.82 Å². The first-order valence-electron chi connectivity index (χ1n) is 8.19. The largest absolute Gasteiger partial charge is 0.362 e. The summed E-state index contributed by atoms with van der Waals surface area (Å²) in [6, 6.07) is 14.5. The molecule has 24 heavy (non-hydrogen) atoms. The molecule has 5 nitrogen and oxygen atoms in total. The van der Waals surface area contributed by atoms with Crippen molar-refractivity contribution in [2.75, 3.05) is 16.8 Å². The number of para-hydroxylation sites is 2. The number of amides is 1. The molecule has 0 fully saturated rings. The zero-order valence-corrected chi connectivity index (χ0v) is 13.9. The molecule has 0 aliphatic carbocycles. The van der Waals surface area contributed by atoms with Crippen LogP contribution in [0.4, 0.5) is 11.4 Å². The number of fused-ring (bicyclic) bond motifs is 3. The Morgan fingerprint density at radius 3 is 2.79 bits per heavy atom. The van der Waals surface area contributed by atoms with E-state index in [4.69, 9.17) is 4.98 Å². The average Bonchev–Trinajstić information content (AvgIpc) is 2.94. The molecule has 3 aromatic rings. The third kappa shape index (κ3) is 2.52. The van der Waals surface area contributed by atoms with Gasteiger partial charge in [-0.05, 0) is 42.8 Å². The van der Waals surface area contributed by atoms with E-state index in [9.17, 15) is 4.79 Å². The Labute approximate surface area is 140 Å². The van der Waals surface area contributed by atoms with Crippen molar-refractivity contribution in [3.05, 3.63) is 53.9 Å². The smallest absolute Gasteiger partial charge is 0.221 e. The molecule has 2 aromatic carbocycles. The Morgan fingerprint density at radius 2 is 2.00 bits per heavy atom. The fraction of sp³-hybridized carbons (Fsp3) is 0.263. The lowest BCUT2D eigenvalue weighted by atomic mass is 10.1. The number of aromatic nitrogens is 2. The number of carbonyl (C=O) groups excluding carboxylic acids is 1. The molecular weight excluding hydrogens is 300 g/mol. The predicted molar refractivity (Wildman–Crippen MR) is 96.3 cm³/mol. The normalized spacial score (nSPS) is 13.8. The Bertz CT molecular complexity index is 928. The van der Waals surface area contributed by atoms with Gasteiger partial charge in [0.05, 0.1) is 17.6 Å². The molecule has 0 spiro atoms. The van der Waals surface area contributed by atoms with Crippen molar-refractivity contribution in [3.63, 3.8) is 0 Å². The summed E-state index contributed by atoms with van der Waals surface area (Å²) in [4.78, 5) is 18.4. The number of hydrogen-bond acceptors (Lipinski definition) is 3. The number of hydrogen-bond donors (Lipinski definition) is 1. The highest BCUT2D eigenvalue weighted by molar-refractivity contribution is 5.89.